The Kier molecular flexibility index (Phi) is 3.40. The highest BCUT2D eigenvalue weighted by Crippen LogP contribution is 2.15. The molecule has 0 heterocycles. The number of hydrogen-bond acceptors (Lipinski definition) is 2. The summed E-state index contributed by atoms with van der Waals surface area (Å²) in [4.78, 5) is 4.91. The Labute approximate surface area is 63.3 Å². The molecular formula is C8H17NO. The molecule has 0 aliphatic carbocycles. The average molecular weight is 143 g/mol. The minimum Gasteiger partial charge on any atom is -0.396 e. The van der Waals surface area contributed by atoms with Gasteiger partial charge < -0.3 is 4.84 Å². The highest BCUT2D eigenvalue weighted by Gasteiger charge is 2.14. The summed E-state index contributed by atoms with van der Waals surface area (Å²) in [5, 5.41) is 3.93. The maximum absolute atomic E-state index is 4.91. The van der Waals surface area contributed by atoms with E-state index >= 15 is 0 Å². The van der Waals surface area contributed by atoms with Crippen molar-refractivity contribution in [3.05, 3.63) is 0 Å². The van der Waals surface area contributed by atoms with Crippen molar-refractivity contribution in [2.24, 2.45) is 10.6 Å². The fraction of sp³-hybridized carbons (Fsp3) is 0.875. The maximum atomic E-state index is 4.91. The van der Waals surface area contributed by atoms with Crippen LogP contribution in [0.1, 0.15) is 34.6 Å². The number of rotatable bonds is 2. The summed E-state index contributed by atoms with van der Waals surface area (Å²) in [6.45, 7) is 10.9. The van der Waals surface area contributed by atoms with E-state index in [1.54, 1.807) is 0 Å². The Morgan fingerprint density at radius 2 is 1.90 bits per heavy atom. The predicted molar refractivity (Wildman–Crippen MR) is 44.2 cm³/mol. The first-order valence-corrected chi connectivity index (χ1v) is 3.65. The van der Waals surface area contributed by atoms with Gasteiger partial charge in [-0.1, -0.05) is 25.9 Å². The van der Waals surface area contributed by atoms with Crippen LogP contribution in [0.25, 0.3) is 0 Å². The summed E-state index contributed by atoms with van der Waals surface area (Å²) in [5.41, 5.74) is 1.17. The van der Waals surface area contributed by atoms with Crippen LogP contribution in [-0.2, 0) is 4.84 Å². The molecule has 0 aliphatic rings. The number of oxime groups is 1. The van der Waals surface area contributed by atoms with Crippen LogP contribution >= 0.6 is 0 Å². The van der Waals surface area contributed by atoms with Crippen molar-refractivity contribution in [3.8, 4) is 0 Å². The zero-order chi connectivity index (χ0) is 8.20. The first kappa shape index (κ1) is 9.47. The molecule has 0 fully saturated rings. The molecule has 0 bridgehead atoms. The molecule has 60 valence electrons. The van der Waals surface area contributed by atoms with Crippen LogP contribution < -0.4 is 0 Å². The summed E-state index contributed by atoms with van der Waals surface area (Å²) in [6.07, 6.45) is 0. The van der Waals surface area contributed by atoms with E-state index in [1.807, 2.05) is 13.8 Å². The van der Waals surface area contributed by atoms with Gasteiger partial charge >= 0.3 is 0 Å². The summed E-state index contributed by atoms with van der Waals surface area (Å²) in [6, 6.07) is 0. The zero-order valence-corrected chi connectivity index (χ0v) is 7.56. The van der Waals surface area contributed by atoms with Crippen molar-refractivity contribution in [3.63, 3.8) is 0 Å². The van der Waals surface area contributed by atoms with Gasteiger partial charge in [-0.15, -0.1) is 0 Å². The van der Waals surface area contributed by atoms with Gasteiger partial charge in [0.25, 0.3) is 0 Å². The van der Waals surface area contributed by atoms with Crippen molar-refractivity contribution < 1.29 is 4.84 Å². The van der Waals surface area contributed by atoms with Crippen molar-refractivity contribution in [2.75, 3.05) is 6.61 Å². The van der Waals surface area contributed by atoms with Gasteiger partial charge in [-0.2, -0.15) is 0 Å². The van der Waals surface area contributed by atoms with E-state index < -0.39 is 0 Å². The monoisotopic (exact) mass is 143 g/mol. The Morgan fingerprint density at radius 1 is 1.40 bits per heavy atom. The maximum Gasteiger partial charge on any atom is 0.114 e. The van der Waals surface area contributed by atoms with Gasteiger partial charge in [-0.3, -0.25) is 0 Å². The van der Waals surface area contributed by atoms with Crippen LogP contribution in [0, 0.1) is 5.41 Å². The van der Waals surface area contributed by atoms with Gasteiger partial charge in [-0.05, 0) is 13.8 Å². The lowest BCUT2D eigenvalue weighted by atomic mass is 9.91. The van der Waals surface area contributed by atoms with E-state index in [9.17, 15) is 0 Å². The topological polar surface area (TPSA) is 21.6 Å². The van der Waals surface area contributed by atoms with Crippen molar-refractivity contribution in [1.29, 1.82) is 0 Å². The summed E-state index contributed by atoms with van der Waals surface area (Å²) in [7, 11) is 0. The van der Waals surface area contributed by atoms with Gasteiger partial charge in [0.05, 0.1) is 5.71 Å². The van der Waals surface area contributed by atoms with Gasteiger partial charge in [-0.25, -0.2) is 0 Å². The molecule has 0 unspecified atom stereocenters. The Hall–Kier alpha value is -0.530. The van der Waals surface area contributed by atoms with Crippen LogP contribution in [0.15, 0.2) is 5.16 Å². The van der Waals surface area contributed by atoms with Gasteiger partial charge in [0.2, 0.25) is 0 Å². The van der Waals surface area contributed by atoms with Crippen LogP contribution in [0.4, 0.5) is 0 Å². The van der Waals surface area contributed by atoms with Gasteiger partial charge in [0.1, 0.15) is 6.61 Å². The van der Waals surface area contributed by atoms with E-state index in [1.165, 1.54) is 0 Å². The van der Waals surface area contributed by atoms with E-state index in [4.69, 9.17) is 4.84 Å². The molecular weight excluding hydrogens is 126 g/mol. The molecule has 0 N–H and O–H groups in total. The van der Waals surface area contributed by atoms with Crippen molar-refractivity contribution >= 4 is 5.71 Å². The second kappa shape index (κ2) is 3.59. The average Bonchev–Trinajstić information content (AvgIpc) is 1.80. The molecule has 0 rings (SSSR count). The van der Waals surface area contributed by atoms with Crippen LogP contribution in [-0.4, -0.2) is 12.3 Å². The van der Waals surface area contributed by atoms with E-state index in [0.29, 0.717) is 6.61 Å². The first-order valence-electron chi connectivity index (χ1n) is 3.65. The standard InChI is InChI=1S/C8H17NO/c1-6-10-9-7(2)8(3,4)5/h6H2,1-5H3/b9-7-. The van der Waals surface area contributed by atoms with Crippen LogP contribution in [0.5, 0.6) is 0 Å². The SMILES string of the molecule is CCO/N=C(/C)C(C)(C)C. The molecule has 0 aromatic heterocycles. The fourth-order valence-corrected chi connectivity index (χ4v) is 0.298. The minimum absolute atomic E-state index is 0.134. The third kappa shape index (κ3) is 3.49. The summed E-state index contributed by atoms with van der Waals surface area (Å²) < 4.78 is 0. The fourth-order valence-electron chi connectivity index (χ4n) is 0.298. The van der Waals surface area contributed by atoms with Crippen molar-refractivity contribution in [2.45, 2.75) is 34.6 Å². The lowest BCUT2D eigenvalue weighted by Gasteiger charge is -2.16. The lowest BCUT2D eigenvalue weighted by Crippen LogP contribution is -2.16. The smallest absolute Gasteiger partial charge is 0.114 e. The zero-order valence-electron chi connectivity index (χ0n) is 7.56. The number of nitrogens with zero attached hydrogens (tertiary/aromatic N) is 1. The summed E-state index contributed by atoms with van der Waals surface area (Å²) in [5.74, 6) is 0. The van der Waals surface area contributed by atoms with Gasteiger partial charge in [0, 0.05) is 5.41 Å². The highest BCUT2D eigenvalue weighted by atomic mass is 16.6. The normalized spacial score (nSPS) is 13.5. The molecule has 0 aromatic rings. The largest absolute Gasteiger partial charge is 0.396 e. The Morgan fingerprint density at radius 3 is 2.20 bits per heavy atom. The molecule has 0 spiro atoms. The molecule has 0 aromatic carbocycles. The molecule has 2 heteroatoms. The van der Waals surface area contributed by atoms with E-state index in [2.05, 4.69) is 25.9 Å². The molecule has 10 heavy (non-hydrogen) atoms. The molecule has 2 nitrogen and oxygen atoms in total. The number of hydrogen-bond donors (Lipinski definition) is 0. The molecule has 0 atom stereocenters. The molecule has 0 aliphatic heterocycles. The summed E-state index contributed by atoms with van der Waals surface area (Å²) >= 11 is 0. The molecule has 0 saturated carbocycles. The predicted octanol–water partition coefficient (Wildman–Crippen LogP) is 2.44. The molecule has 0 radical (unpaired) electrons. The van der Waals surface area contributed by atoms with Crippen LogP contribution in [0.2, 0.25) is 0 Å². The molecule has 0 saturated heterocycles. The van der Waals surface area contributed by atoms with E-state index in [-0.39, 0.29) is 5.41 Å². The lowest BCUT2D eigenvalue weighted by molar-refractivity contribution is 0.155. The second-order valence-corrected chi connectivity index (χ2v) is 3.34. The third-order valence-electron chi connectivity index (χ3n) is 1.42. The van der Waals surface area contributed by atoms with Gasteiger partial charge in [0.15, 0.2) is 0 Å². The van der Waals surface area contributed by atoms with Crippen LogP contribution in [0.3, 0.4) is 0 Å². The van der Waals surface area contributed by atoms with E-state index in [0.717, 1.165) is 5.71 Å². The third-order valence-corrected chi connectivity index (χ3v) is 1.42. The minimum atomic E-state index is 0.134. The Bertz CT molecular complexity index is 122. The Balaban J connectivity index is 3.93. The second-order valence-electron chi connectivity index (χ2n) is 3.34. The van der Waals surface area contributed by atoms with Crippen molar-refractivity contribution in [1.82, 2.24) is 0 Å². The quantitative estimate of drug-likeness (QED) is 0.430. The highest BCUT2D eigenvalue weighted by molar-refractivity contribution is 5.86. The molecule has 0 amide bonds. The first-order chi connectivity index (χ1) is 4.48.